The van der Waals surface area contributed by atoms with E-state index in [9.17, 15) is 9.90 Å². The first kappa shape index (κ1) is 17.2. The number of phenolic OH excluding ortho intramolecular Hbond substituents is 1. The number of carbonyl (C=O) groups excluding carboxylic acids is 1. The fourth-order valence-electron chi connectivity index (χ4n) is 2.62. The average Bonchev–Trinajstić information content (AvgIpc) is 2.68. The number of benzene rings is 1. The summed E-state index contributed by atoms with van der Waals surface area (Å²) >= 11 is 0. The molecule has 1 amide bonds. The molecule has 1 aliphatic heterocycles. The quantitative estimate of drug-likeness (QED) is 0.721. The van der Waals surface area contributed by atoms with Crippen molar-refractivity contribution in [2.24, 2.45) is 4.99 Å². The smallest absolute Gasteiger partial charge is 0.261 e. The molecule has 0 bridgehead atoms. The molecule has 2 aromatic rings. The second-order valence-electron chi connectivity index (χ2n) is 5.38. The lowest BCUT2D eigenvalue weighted by molar-refractivity contribution is 0.0973. The highest BCUT2D eigenvalue weighted by atomic mass is 16.5. The number of hydrogen-bond donors (Lipinski definition) is 3. The Bertz CT molecular complexity index is 919. The number of phenols is 1. The van der Waals surface area contributed by atoms with Crippen molar-refractivity contribution < 1.29 is 14.6 Å². The molecule has 0 atom stereocenters. The molecule has 3 N–H and O–H groups in total. The van der Waals surface area contributed by atoms with Crippen LogP contribution in [0.1, 0.15) is 16.8 Å². The van der Waals surface area contributed by atoms with Gasteiger partial charge in [-0.1, -0.05) is 6.07 Å². The fraction of sp³-hybridized carbons (Fsp3) is 0.235. The third kappa shape index (κ3) is 3.25. The summed E-state index contributed by atoms with van der Waals surface area (Å²) in [6.45, 7) is 8.71. The number of amides is 1. The van der Waals surface area contributed by atoms with Crippen molar-refractivity contribution in [2.75, 3.05) is 20.2 Å². The van der Waals surface area contributed by atoms with Crippen LogP contribution in [0, 0.1) is 6.57 Å². The molecule has 1 aromatic carbocycles. The topological polar surface area (TPSA) is 113 Å². The molecule has 3 rings (SSSR count). The third-order valence-electron chi connectivity index (χ3n) is 3.78. The first-order valence-corrected chi connectivity index (χ1v) is 7.83. The van der Waals surface area contributed by atoms with Gasteiger partial charge in [0.15, 0.2) is 11.6 Å². The summed E-state index contributed by atoms with van der Waals surface area (Å²) in [4.78, 5) is 28.4. The molecule has 0 spiro atoms. The van der Waals surface area contributed by atoms with E-state index in [-0.39, 0.29) is 28.4 Å². The van der Waals surface area contributed by atoms with Crippen LogP contribution in [0.25, 0.3) is 16.0 Å². The number of guanidine groups is 1. The van der Waals surface area contributed by atoms with E-state index >= 15 is 0 Å². The van der Waals surface area contributed by atoms with E-state index in [2.05, 4.69) is 30.4 Å². The maximum Gasteiger partial charge on any atom is 0.261 e. The molecule has 0 saturated carbocycles. The Kier molecular flexibility index (Phi) is 4.94. The molecule has 132 valence electrons. The van der Waals surface area contributed by atoms with E-state index in [1.807, 2.05) is 0 Å². The van der Waals surface area contributed by atoms with Crippen molar-refractivity contribution in [1.82, 2.24) is 20.6 Å². The second kappa shape index (κ2) is 7.48. The maximum atomic E-state index is 12.8. The summed E-state index contributed by atoms with van der Waals surface area (Å²) in [6.07, 6.45) is 3.60. The van der Waals surface area contributed by atoms with Crippen molar-refractivity contribution in [3.8, 4) is 22.8 Å². The van der Waals surface area contributed by atoms with Gasteiger partial charge in [-0.3, -0.25) is 15.1 Å². The molecule has 0 saturated heterocycles. The molecule has 0 radical (unpaired) electrons. The molecule has 2 heterocycles. The summed E-state index contributed by atoms with van der Waals surface area (Å²) in [6, 6.07) is 2.73. The number of aromatic nitrogens is 2. The third-order valence-corrected chi connectivity index (χ3v) is 3.78. The minimum Gasteiger partial charge on any atom is -0.507 e. The molecule has 0 aliphatic carbocycles. The number of aromatic hydroxyl groups is 1. The second-order valence-corrected chi connectivity index (χ2v) is 5.38. The van der Waals surface area contributed by atoms with Crippen LogP contribution in [-0.4, -0.2) is 47.1 Å². The molecule has 1 aromatic heterocycles. The van der Waals surface area contributed by atoms with Crippen molar-refractivity contribution in [3.05, 3.63) is 41.6 Å². The number of aliphatic imine (C=N–C) groups is 1. The predicted molar refractivity (Wildman–Crippen MR) is 94.3 cm³/mol. The first-order chi connectivity index (χ1) is 12.7. The van der Waals surface area contributed by atoms with Gasteiger partial charge in [0.05, 0.1) is 24.8 Å². The largest absolute Gasteiger partial charge is 0.507 e. The monoisotopic (exact) mass is 352 g/mol. The normalized spacial score (nSPS) is 13.2. The van der Waals surface area contributed by atoms with E-state index in [0.29, 0.717) is 24.6 Å². The highest BCUT2D eigenvalue weighted by Crippen LogP contribution is 2.41. The SMILES string of the molecule is [C-]#[N+]c1ccc(O)c(C(=O)NC2=NCCCN2)c1-c1cncnc1OC. The highest BCUT2D eigenvalue weighted by molar-refractivity contribution is 6.13. The Morgan fingerprint density at radius 1 is 1.46 bits per heavy atom. The lowest BCUT2D eigenvalue weighted by atomic mass is 9.97. The van der Waals surface area contributed by atoms with E-state index < -0.39 is 5.91 Å². The van der Waals surface area contributed by atoms with E-state index in [4.69, 9.17) is 11.3 Å². The number of rotatable bonds is 3. The molecule has 0 fully saturated rings. The van der Waals surface area contributed by atoms with Gasteiger partial charge in [0.25, 0.3) is 5.91 Å². The van der Waals surface area contributed by atoms with Gasteiger partial charge in [0, 0.05) is 24.8 Å². The number of methoxy groups -OCH3 is 1. The van der Waals surface area contributed by atoms with Crippen molar-refractivity contribution in [1.29, 1.82) is 0 Å². The summed E-state index contributed by atoms with van der Waals surface area (Å²) < 4.78 is 5.22. The minimum absolute atomic E-state index is 0.0679. The van der Waals surface area contributed by atoms with Gasteiger partial charge in [-0.25, -0.2) is 14.8 Å². The molecule has 1 aliphatic rings. The van der Waals surface area contributed by atoms with Crippen LogP contribution in [0.15, 0.2) is 29.6 Å². The Balaban J connectivity index is 2.14. The zero-order valence-electron chi connectivity index (χ0n) is 14.0. The Hall–Kier alpha value is -3.67. The van der Waals surface area contributed by atoms with Crippen LogP contribution < -0.4 is 15.4 Å². The van der Waals surface area contributed by atoms with Gasteiger partial charge in [-0.15, -0.1) is 0 Å². The summed E-state index contributed by atoms with van der Waals surface area (Å²) in [5.74, 6) is -0.344. The molecule has 9 nitrogen and oxygen atoms in total. The van der Waals surface area contributed by atoms with Crippen LogP contribution >= 0.6 is 0 Å². The number of hydrogen-bond acceptors (Lipinski definition) is 7. The molecule has 0 unspecified atom stereocenters. The van der Waals surface area contributed by atoms with E-state index in [1.54, 1.807) is 0 Å². The van der Waals surface area contributed by atoms with Gasteiger partial charge >= 0.3 is 0 Å². The van der Waals surface area contributed by atoms with E-state index in [0.717, 1.165) is 6.42 Å². The Labute approximate surface area is 149 Å². The van der Waals surface area contributed by atoms with Gasteiger partial charge in [-0.2, -0.15) is 0 Å². The lowest BCUT2D eigenvalue weighted by Gasteiger charge is -2.18. The summed E-state index contributed by atoms with van der Waals surface area (Å²) in [5, 5.41) is 15.9. The van der Waals surface area contributed by atoms with Gasteiger partial charge in [0.1, 0.15) is 12.1 Å². The highest BCUT2D eigenvalue weighted by Gasteiger charge is 2.25. The molecule has 9 heteroatoms. The zero-order valence-corrected chi connectivity index (χ0v) is 14.0. The van der Waals surface area contributed by atoms with Gasteiger partial charge < -0.3 is 15.2 Å². The first-order valence-electron chi connectivity index (χ1n) is 7.83. The lowest BCUT2D eigenvalue weighted by Crippen LogP contribution is -2.43. The van der Waals surface area contributed by atoms with E-state index in [1.165, 1.54) is 31.8 Å². The van der Waals surface area contributed by atoms with Crippen LogP contribution in [0.4, 0.5) is 5.69 Å². The van der Waals surface area contributed by atoms with Gasteiger partial charge in [-0.05, 0) is 12.5 Å². The fourth-order valence-corrected chi connectivity index (χ4v) is 2.62. The predicted octanol–water partition coefficient (Wildman–Crippen LogP) is 1.49. The molecular formula is C17H16N6O3. The zero-order chi connectivity index (χ0) is 18.5. The summed E-state index contributed by atoms with van der Waals surface area (Å²) in [7, 11) is 1.42. The van der Waals surface area contributed by atoms with Crippen LogP contribution in [0.2, 0.25) is 0 Å². The Morgan fingerprint density at radius 3 is 3.00 bits per heavy atom. The van der Waals surface area contributed by atoms with Crippen molar-refractivity contribution in [3.63, 3.8) is 0 Å². The minimum atomic E-state index is -0.595. The number of nitrogens with zero attached hydrogens (tertiary/aromatic N) is 4. The maximum absolute atomic E-state index is 12.8. The number of carbonyl (C=O) groups is 1. The number of ether oxygens (including phenoxy) is 1. The molecule has 26 heavy (non-hydrogen) atoms. The van der Waals surface area contributed by atoms with Gasteiger partial charge in [0.2, 0.25) is 5.88 Å². The van der Waals surface area contributed by atoms with Crippen LogP contribution in [0.5, 0.6) is 11.6 Å². The average molecular weight is 352 g/mol. The van der Waals surface area contributed by atoms with Crippen LogP contribution in [-0.2, 0) is 0 Å². The van der Waals surface area contributed by atoms with Crippen molar-refractivity contribution >= 4 is 17.6 Å². The Morgan fingerprint density at radius 2 is 2.31 bits per heavy atom. The summed E-state index contributed by atoms with van der Waals surface area (Å²) in [5.41, 5.74) is 0.633. The molecular weight excluding hydrogens is 336 g/mol. The standard InChI is InChI=1S/C17H16N6O3/c1-18-11-4-5-12(24)14(15(25)23-17-20-6-3-7-21-17)13(11)10-8-19-9-22-16(10)26-2/h4-5,8-9,24H,3,6-7H2,2H3,(H2,20,21,23,25). The number of nitrogens with one attached hydrogen (secondary N) is 2. The van der Waals surface area contributed by atoms with Crippen molar-refractivity contribution in [2.45, 2.75) is 6.42 Å². The van der Waals surface area contributed by atoms with Crippen LogP contribution in [0.3, 0.4) is 0 Å².